The maximum atomic E-state index is 12.6. The number of esters is 2. The number of benzene rings is 2. The van der Waals surface area contributed by atoms with E-state index < -0.39 is 23.8 Å². The van der Waals surface area contributed by atoms with E-state index in [1.165, 1.54) is 17.6 Å². The first kappa shape index (κ1) is 28.2. The van der Waals surface area contributed by atoms with E-state index >= 15 is 0 Å². The van der Waals surface area contributed by atoms with Gasteiger partial charge in [-0.1, -0.05) is 33.6 Å². The quantitative estimate of drug-likeness (QED) is 0.125. The summed E-state index contributed by atoms with van der Waals surface area (Å²) in [7, 11) is 0. The molecule has 1 aromatic heterocycles. The number of thiophene rings is 1. The highest BCUT2D eigenvalue weighted by Crippen LogP contribution is 2.38. The largest absolute Gasteiger partial charge is 0.462 e. The van der Waals surface area contributed by atoms with Gasteiger partial charge in [-0.25, -0.2) is 15.0 Å². The molecule has 1 heterocycles. The molecule has 0 saturated carbocycles. The van der Waals surface area contributed by atoms with Crippen LogP contribution in [0.5, 0.6) is 5.75 Å². The molecule has 2 amide bonds. The van der Waals surface area contributed by atoms with Gasteiger partial charge in [0.1, 0.15) is 10.8 Å². The number of ether oxygens (including phenoxy) is 2. The fourth-order valence-electron chi connectivity index (χ4n) is 4.01. The Morgan fingerprint density at radius 2 is 1.77 bits per heavy atom. The molecule has 3 aromatic rings. The van der Waals surface area contributed by atoms with Crippen LogP contribution in [0, 0.1) is 6.92 Å². The number of nitrogens with zero attached hydrogens (tertiary/aromatic N) is 1. The number of hydrazone groups is 1. The first-order valence-corrected chi connectivity index (χ1v) is 13.9. The van der Waals surface area contributed by atoms with Crippen molar-refractivity contribution in [2.45, 2.75) is 39.5 Å². The van der Waals surface area contributed by atoms with Gasteiger partial charge in [0.25, 0.3) is 0 Å². The van der Waals surface area contributed by atoms with Crippen LogP contribution >= 0.6 is 27.3 Å². The minimum atomic E-state index is -1.03. The predicted octanol–water partition coefficient (Wildman–Crippen LogP) is 5.18. The lowest BCUT2D eigenvalue weighted by Gasteiger charge is -2.12. The molecule has 202 valence electrons. The molecule has 0 fully saturated rings. The summed E-state index contributed by atoms with van der Waals surface area (Å²) in [5.74, 6) is -2.86. The molecule has 4 rings (SSSR count). The van der Waals surface area contributed by atoms with Crippen molar-refractivity contribution >= 4 is 62.2 Å². The van der Waals surface area contributed by atoms with Crippen LogP contribution < -0.4 is 15.5 Å². The maximum absolute atomic E-state index is 12.6. The van der Waals surface area contributed by atoms with Crippen molar-refractivity contribution in [3.05, 3.63) is 79.6 Å². The Morgan fingerprint density at radius 1 is 1.03 bits per heavy atom. The standard InChI is InChI=1S/C28H26BrN3O6S/c1-3-37-28(36)23-20-6-4-5-7-22(20)39-26(23)31-24(33)25(34)32-30-15-18-14-19(29)12-13-21(18)38-27(35)17-10-8-16(2)9-11-17/h8-15H,3-7H2,1-2H3,(H,31,33)(H,32,34). The minimum absolute atomic E-state index is 0.198. The molecule has 1 aliphatic rings. The fraction of sp³-hybridized carbons (Fsp3) is 0.250. The van der Waals surface area contributed by atoms with Gasteiger partial charge in [-0.05, 0) is 75.4 Å². The summed E-state index contributed by atoms with van der Waals surface area (Å²) < 4.78 is 11.4. The van der Waals surface area contributed by atoms with Gasteiger partial charge in [0, 0.05) is 14.9 Å². The zero-order valence-corrected chi connectivity index (χ0v) is 23.7. The number of hydrogen-bond acceptors (Lipinski definition) is 8. The molecular weight excluding hydrogens is 586 g/mol. The molecule has 11 heteroatoms. The zero-order valence-electron chi connectivity index (χ0n) is 21.3. The predicted molar refractivity (Wildman–Crippen MR) is 152 cm³/mol. The van der Waals surface area contributed by atoms with Crippen molar-refractivity contribution in [2.24, 2.45) is 5.10 Å². The summed E-state index contributed by atoms with van der Waals surface area (Å²) in [5.41, 5.74) is 5.15. The van der Waals surface area contributed by atoms with Gasteiger partial charge in [-0.3, -0.25) is 9.59 Å². The Hall–Kier alpha value is -3.83. The molecule has 0 bridgehead atoms. The van der Waals surface area contributed by atoms with Gasteiger partial charge < -0.3 is 14.8 Å². The average molecular weight is 613 g/mol. The third-order valence-electron chi connectivity index (χ3n) is 5.92. The van der Waals surface area contributed by atoms with Crippen LogP contribution in [0.2, 0.25) is 0 Å². The van der Waals surface area contributed by atoms with Crippen LogP contribution in [0.3, 0.4) is 0 Å². The number of anilines is 1. The molecule has 0 spiro atoms. The van der Waals surface area contributed by atoms with E-state index in [0.29, 0.717) is 26.2 Å². The second-order valence-electron chi connectivity index (χ2n) is 8.73. The third-order valence-corrected chi connectivity index (χ3v) is 7.62. The van der Waals surface area contributed by atoms with Crippen LogP contribution in [0.25, 0.3) is 0 Å². The second-order valence-corrected chi connectivity index (χ2v) is 10.7. The van der Waals surface area contributed by atoms with Crippen molar-refractivity contribution in [1.29, 1.82) is 0 Å². The highest BCUT2D eigenvalue weighted by atomic mass is 79.9. The van der Waals surface area contributed by atoms with Crippen molar-refractivity contribution in [2.75, 3.05) is 11.9 Å². The van der Waals surface area contributed by atoms with Gasteiger partial charge in [0.05, 0.1) is 23.9 Å². The number of aryl methyl sites for hydroxylation is 2. The number of amides is 2. The zero-order chi connectivity index (χ0) is 27.9. The van der Waals surface area contributed by atoms with Gasteiger partial charge >= 0.3 is 23.8 Å². The van der Waals surface area contributed by atoms with Gasteiger partial charge in [0.2, 0.25) is 0 Å². The van der Waals surface area contributed by atoms with E-state index in [1.54, 1.807) is 37.3 Å². The summed E-state index contributed by atoms with van der Waals surface area (Å²) in [6.45, 7) is 3.82. The van der Waals surface area contributed by atoms with Crippen LogP contribution in [0.1, 0.15) is 62.0 Å². The number of fused-ring (bicyclic) bond motifs is 1. The molecule has 2 N–H and O–H groups in total. The van der Waals surface area contributed by atoms with Gasteiger partial charge in [0.15, 0.2) is 0 Å². The summed E-state index contributed by atoms with van der Waals surface area (Å²) in [5, 5.41) is 6.70. The van der Waals surface area contributed by atoms with Crippen LogP contribution in [0.15, 0.2) is 52.0 Å². The molecule has 1 aliphatic carbocycles. The van der Waals surface area contributed by atoms with Crippen LogP contribution in [-0.2, 0) is 27.2 Å². The molecular formula is C28H26BrN3O6S. The molecule has 39 heavy (non-hydrogen) atoms. The molecule has 9 nitrogen and oxygen atoms in total. The van der Waals surface area contributed by atoms with E-state index in [-0.39, 0.29) is 12.4 Å². The van der Waals surface area contributed by atoms with Gasteiger partial charge in [-0.15, -0.1) is 11.3 Å². The Bertz CT molecular complexity index is 1450. The molecule has 2 aromatic carbocycles. The Morgan fingerprint density at radius 3 is 2.51 bits per heavy atom. The lowest BCUT2D eigenvalue weighted by atomic mass is 9.95. The maximum Gasteiger partial charge on any atom is 0.343 e. The number of carbonyl (C=O) groups excluding carboxylic acids is 4. The number of hydrogen-bond donors (Lipinski definition) is 2. The number of carbonyl (C=O) groups is 4. The van der Waals surface area contributed by atoms with E-state index in [9.17, 15) is 19.2 Å². The van der Waals surface area contributed by atoms with E-state index in [2.05, 4.69) is 31.8 Å². The van der Waals surface area contributed by atoms with Crippen molar-refractivity contribution in [1.82, 2.24) is 5.43 Å². The summed E-state index contributed by atoms with van der Waals surface area (Å²) >= 11 is 4.65. The lowest BCUT2D eigenvalue weighted by molar-refractivity contribution is -0.136. The Labute approximate surface area is 237 Å². The molecule has 0 aliphatic heterocycles. The first-order chi connectivity index (χ1) is 18.8. The molecule has 0 unspecified atom stereocenters. The van der Waals surface area contributed by atoms with Crippen molar-refractivity contribution in [3.63, 3.8) is 0 Å². The monoisotopic (exact) mass is 611 g/mol. The van der Waals surface area contributed by atoms with Crippen LogP contribution in [0.4, 0.5) is 5.00 Å². The number of nitrogens with one attached hydrogen (secondary N) is 2. The van der Waals surface area contributed by atoms with E-state index in [0.717, 1.165) is 41.7 Å². The molecule has 0 saturated heterocycles. The fourth-order valence-corrected chi connectivity index (χ4v) is 5.66. The second kappa shape index (κ2) is 12.8. The molecule has 0 atom stereocenters. The third kappa shape index (κ3) is 6.98. The first-order valence-electron chi connectivity index (χ1n) is 12.3. The Kier molecular flexibility index (Phi) is 9.26. The number of rotatable bonds is 7. The summed E-state index contributed by atoms with van der Waals surface area (Å²) in [6, 6.07) is 11.9. The molecule has 0 radical (unpaired) electrons. The minimum Gasteiger partial charge on any atom is -0.462 e. The van der Waals surface area contributed by atoms with Crippen molar-refractivity contribution in [3.8, 4) is 5.75 Å². The Balaban J connectivity index is 1.44. The highest BCUT2D eigenvalue weighted by molar-refractivity contribution is 9.10. The lowest BCUT2D eigenvalue weighted by Crippen LogP contribution is -2.32. The van der Waals surface area contributed by atoms with Crippen molar-refractivity contribution < 1.29 is 28.7 Å². The van der Waals surface area contributed by atoms with Gasteiger partial charge in [-0.2, -0.15) is 5.10 Å². The smallest absolute Gasteiger partial charge is 0.343 e. The average Bonchev–Trinajstić information content (AvgIpc) is 3.28. The summed E-state index contributed by atoms with van der Waals surface area (Å²) in [4.78, 5) is 51.3. The topological polar surface area (TPSA) is 123 Å². The van der Waals surface area contributed by atoms with E-state index in [1.807, 2.05) is 19.1 Å². The highest BCUT2D eigenvalue weighted by Gasteiger charge is 2.28. The van der Waals surface area contributed by atoms with E-state index in [4.69, 9.17) is 9.47 Å². The summed E-state index contributed by atoms with van der Waals surface area (Å²) in [6.07, 6.45) is 4.73. The van der Waals surface area contributed by atoms with Crippen LogP contribution in [-0.4, -0.2) is 36.6 Å². The number of halogens is 1. The normalized spacial score (nSPS) is 12.5. The SMILES string of the molecule is CCOC(=O)c1c(NC(=O)C(=O)NN=Cc2cc(Br)ccc2OC(=O)c2ccc(C)cc2)sc2c1CCCC2.